The van der Waals surface area contributed by atoms with Crippen LogP contribution in [0.3, 0.4) is 0 Å². The van der Waals surface area contributed by atoms with E-state index in [1.807, 2.05) is 12.3 Å². The molecule has 2 rings (SSSR count). The molecule has 0 bridgehead atoms. The molecule has 18 heavy (non-hydrogen) atoms. The van der Waals surface area contributed by atoms with Gasteiger partial charge in [0.2, 0.25) is 5.91 Å². The number of hydrogen-bond donors (Lipinski definition) is 2. The highest BCUT2D eigenvalue weighted by Gasteiger charge is 2.14. The Labute approximate surface area is 118 Å². The molecule has 6 heteroatoms. The molecule has 0 saturated carbocycles. The first-order valence-electron chi connectivity index (χ1n) is 6.17. The first-order valence-corrected chi connectivity index (χ1v) is 7.04. The predicted octanol–water partition coefficient (Wildman–Crippen LogP) is 2.59. The maximum absolute atomic E-state index is 11.7. The summed E-state index contributed by atoms with van der Waals surface area (Å²) in [5.74, 6) is 0.804. The first-order chi connectivity index (χ1) is 8.24. The van der Waals surface area contributed by atoms with Crippen LogP contribution in [0, 0.1) is 12.8 Å². The van der Waals surface area contributed by atoms with Gasteiger partial charge in [-0.1, -0.05) is 0 Å². The zero-order valence-corrected chi connectivity index (χ0v) is 12.2. The molecule has 0 aliphatic carbocycles. The van der Waals surface area contributed by atoms with Crippen molar-refractivity contribution in [1.29, 1.82) is 0 Å². The van der Waals surface area contributed by atoms with Gasteiger partial charge in [-0.3, -0.25) is 4.79 Å². The van der Waals surface area contributed by atoms with E-state index in [9.17, 15) is 4.79 Å². The smallest absolute Gasteiger partial charge is 0.226 e. The van der Waals surface area contributed by atoms with Crippen LogP contribution >= 0.6 is 23.7 Å². The van der Waals surface area contributed by atoms with Crippen LogP contribution in [-0.4, -0.2) is 24.0 Å². The van der Waals surface area contributed by atoms with Crippen molar-refractivity contribution in [3.63, 3.8) is 0 Å². The van der Waals surface area contributed by atoms with E-state index in [0.29, 0.717) is 12.3 Å². The number of rotatable bonds is 4. The van der Waals surface area contributed by atoms with Crippen molar-refractivity contribution in [2.24, 2.45) is 5.92 Å². The summed E-state index contributed by atoms with van der Waals surface area (Å²) in [6.45, 7) is 4.12. The number of anilines is 1. The highest BCUT2D eigenvalue weighted by molar-refractivity contribution is 7.13. The number of carbonyl (C=O) groups excluding carboxylic acids is 1. The lowest BCUT2D eigenvalue weighted by Gasteiger charge is -2.21. The van der Waals surface area contributed by atoms with Gasteiger partial charge in [-0.05, 0) is 45.2 Å². The number of thiazole rings is 1. The maximum atomic E-state index is 11.7. The molecular weight excluding hydrogens is 270 g/mol. The highest BCUT2D eigenvalue weighted by Crippen LogP contribution is 2.19. The van der Waals surface area contributed by atoms with Gasteiger partial charge in [0.05, 0.1) is 5.69 Å². The van der Waals surface area contributed by atoms with E-state index in [4.69, 9.17) is 0 Å². The molecule has 1 aromatic heterocycles. The fourth-order valence-electron chi connectivity index (χ4n) is 2.10. The Morgan fingerprint density at radius 2 is 2.28 bits per heavy atom. The molecule has 0 atom stereocenters. The Hall–Kier alpha value is -0.650. The van der Waals surface area contributed by atoms with Gasteiger partial charge < -0.3 is 10.6 Å². The van der Waals surface area contributed by atoms with Crippen molar-refractivity contribution in [2.45, 2.75) is 32.6 Å². The summed E-state index contributed by atoms with van der Waals surface area (Å²) in [4.78, 5) is 15.9. The topological polar surface area (TPSA) is 54.0 Å². The normalized spacial score (nSPS) is 16.1. The highest BCUT2D eigenvalue weighted by atomic mass is 35.5. The fraction of sp³-hybridized carbons (Fsp3) is 0.667. The summed E-state index contributed by atoms with van der Waals surface area (Å²) in [5, 5.41) is 8.86. The second-order valence-corrected chi connectivity index (χ2v) is 5.43. The van der Waals surface area contributed by atoms with Crippen LogP contribution in [0.4, 0.5) is 5.13 Å². The molecule has 1 aromatic rings. The number of piperidine rings is 1. The van der Waals surface area contributed by atoms with Crippen molar-refractivity contribution in [1.82, 2.24) is 10.3 Å². The van der Waals surface area contributed by atoms with Crippen LogP contribution < -0.4 is 10.6 Å². The lowest BCUT2D eigenvalue weighted by atomic mass is 9.93. The molecule has 1 saturated heterocycles. The van der Waals surface area contributed by atoms with Gasteiger partial charge in [0.1, 0.15) is 0 Å². The van der Waals surface area contributed by atoms with Gasteiger partial charge in [0, 0.05) is 11.8 Å². The maximum Gasteiger partial charge on any atom is 0.226 e. The van der Waals surface area contributed by atoms with E-state index in [0.717, 1.165) is 30.3 Å². The second kappa shape index (κ2) is 7.71. The third kappa shape index (κ3) is 4.92. The molecule has 1 aliphatic rings. The van der Waals surface area contributed by atoms with Crippen molar-refractivity contribution < 1.29 is 4.79 Å². The van der Waals surface area contributed by atoms with Gasteiger partial charge in [0.15, 0.2) is 5.13 Å². The third-order valence-corrected chi connectivity index (χ3v) is 3.98. The van der Waals surface area contributed by atoms with Crippen LogP contribution in [0.5, 0.6) is 0 Å². The Morgan fingerprint density at radius 3 is 2.89 bits per heavy atom. The molecule has 0 aromatic carbocycles. The number of halogens is 1. The molecule has 1 aliphatic heterocycles. The molecule has 2 N–H and O–H groups in total. The molecule has 1 amide bonds. The standard InChI is InChI=1S/C12H19N3OS.ClH/c1-9-8-17-12(14-9)15-11(16)3-2-10-4-6-13-7-5-10;/h8,10,13H,2-7H2,1H3,(H,14,15,16);1H. The van der Waals surface area contributed by atoms with Crippen molar-refractivity contribution in [3.8, 4) is 0 Å². The van der Waals surface area contributed by atoms with Crippen LogP contribution in [0.2, 0.25) is 0 Å². The van der Waals surface area contributed by atoms with E-state index in [1.54, 1.807) is 0 Å². The lowest BCUT2D eigenvalue weighted by Crippen LogP contribution is -2.28. The van der Waals surface area contributed by atoms with Crippen LogP contribution in [0.25, 0.3) is 0 Å². The Balaban J connectivity index is 0.00000162. The number of aromatic nitrogens is 1. The average Bonchev–Trinajstić information content (AvgIpc) is 2.73. The largest absolute Gasteiger partial charge is 0.317 e. The molecule has 0 radical (unpaired) electrons. The van der Waals surface area contributed by atoms with Crippen LogP contribution in [0.1, 0.15) is 31.4 Å². The van der Waals surface area contributed by atoms with Crippen LogP contribution in [-0.2, 0) is 4.79 Å². The molecule has 1 fully saturated rings. The van der Waals surface area contributed by atoms with Gasteiger partial charge in [-0.25, -0.2) is 4.98 Å². The fourth-order valence-corrected chi connectivity index (χ4v) is 2.80. The van der Waals surface area contributed by atoms with Gasteiger partial charge in [0.25, 0.3) is 0 Å². The number of nitrogens with one attached hydrogen (secondary N) is 2. The third-order valence-electron chi connectivity index (χ3n) is 3.10. The van der Waals surface area contributed by atoms with Gasteiger partial charge in [-0.15, -0.1) is 23.7 Å². The van der Waals surface area contributed by atoms with Crippen molar-refractivity contribution in [2.75, 3.05) is 18.4 Å². The summed E-state index contributed by atoms with van der Waals surface area (Å²) in [6, 6.07) is 0. The number of hydrogen-bond acceptors (Lipinski definition) is 4. The number of nitrogens with zero attached hydrogens (tertiary/aromatic N) is 1. The number of carbonyl (C=O) groups is 1. The van der Waals surface area contributed by atoms with Crippen LogP contribution in [0.15, 0.2) is 5.38 Å². The Bertz CT molecular complexity index is 377. The Kier molecular flexibility index (Phi) is 6.60. The van der Waals surface area contributed by atoms with Crippen molar-refractivity contribution in [3.05, 3.63) is 11.1 Å². The zero-order chi connectivity index (χ0) is 12.1. The minimum atomic E-state index is 0. The molecule has 4 nitrogen and oxygen atoms in total. The minimum Gasteiger partial charge on any atom is -0.317 e. The summed E-state index contributed by atoms with van der Waals surface area (Å²) in [5.41, 5.74) is 0.962. The van der Waals surface area contributed by atoms with E-state index in [2.05, 4.69) is 15.6 Å². The first kappa shape index (κ1) is 15.4. The summed E-state index contributed by atoms with van der Waals surface area (Å²) < 4.78 is 0. The quantitative estimate of drug-likeness (QED) is 0.896. The van der Waals surface area contributed by atoms with Gasteiger partial charge >= 0.3 is 0 Å². The molecule has 0 unspecified atom stereocenters. The molecule has 102 valence electrons. The Morgan fingerprint density at radius 1 is 1.56 bits per heavy atom. The van der Waals surface area contributed by atoms with E-state index >= 15 is 0 Å². The van der Waals surface area contributed by atoms with E-state index in [-0.39, 0.29) is 18.3 Å². The van der Waals surface area contributed by atoms with Gasteiger partial charge in [-0.2, -0.15) is 0 Å². The predicted molar refractivity (Wildman–Crippen MR) is 77.6 cm³/mol. The SMILES string of the molecule is Cc1csc(NC(=O)CCC2CCNCC2)n1.Cl. The lowest BCUT2D eigenvalue weighted by molar-refractivity contribution is -0.116. The summed E-state index contributed by atoms with van der Waals surface area (Å²) >= 11 is 1.49. The minimum absolute atomic E-state index is 0. The average molecular weight is 290 g/mol. The molecular formula is C12H20ClN3OS. The van der Waals surface area contributed by atoms with E-state index in [1.165, 1.54) is 24.2 Å². The van der Waals surface area contributed by atoms with Crippen molar-refractivity contribution >= 4 is 34.8 Å². The number of amides is 1. The zero-order valence-electron chi connectivity index (χ0n) is 10.6. The van der Waals surface area contributed by atoms with E-state index < -0.39 is 0 Å². The summed E-state index contributed by atoms with van der Waals surface area (Å²) in [6.07, 6.45) is 4.01. The number of aryl methyl sites for hydroxylation is 1. The molecule has 2 heterocycles. The molecule has 0 spiro atoms. The monoisotopic (exact) mass is 289 g/mol. The second-order valence-electron chi connectivity index (χ2n) is 4.57. The summed E-state index contributed by atoms with van der Waals surface area (Å²) in [7, 11) is 0.